The van der Waals surface area contributed by atoms with Gasteiger partial charge in [-0.3, -0.25) is 4.79 Å². The van der Waals surface area contributed by atoms with Gasteiger partial charge >= 0.3 is 0 Å². The smallest absolute Gasteiger partial charge is 0.253 e. The molecule has 0 fully saturated rings. The van der Waals surface area contributed by atoms with Crippen LogP contribution in [0.5, 0.6) is 5.75 Å². The average Bonchev–Trinajstić information content (AvgIpc) is 3.17. The molecule has 4 aromatic rings. The Morgan fingerprint density at radius 3 is 2.48 bits per heavy atom. The molecule has 0 aliphatic rings. The maximum atomic E-state index is 12.9. The number of nitrogens with one attached hydrogen (secondary N) is 1. The van der Waals surface area contributed by atoms with Crippen LogP contribution in [0.3, 0.4) is 0 Å². The van der Waals surface area contributed by atoms with Crippen LogP contribution in [0.25, 0.3) is 11.0 Å². The van der Waals surface area contributed by atoms with E-state index in [-0.39, 0.29) is 5.91 Å². The van der Waals surface area contributed by atoms with Crippen molar-refractivity contribution in [2.75, 3.05) is 6.61 Å². The Labute approximate surface area is 169 Å². The summed E-state index contributed by atoms with van der Waals surface area (Å²) in [6, 6.07) is 22.8. The van der Waals surface area contributed by atoms with Gasteiger partial charge in [-0.2, -0.15) is 0 Å². The van der Waals surface area contributed by atoms with E-state index in [9.17, 15) is 4.79 Å². The topological polar surface area (TPSA) is 69.0 Å². The number of para-hydroxylation sites is 1. The normalized spacial score (nSPS) is 11.9. The number of hydrogen-bond donors (Lipinski definition) is 1. The van der Waals surface area contributed by atoms with Crippen LogP contribution in [0.15, 0.2) is 72.8 Å². The van der Waals surface area contributed by atoms with Gasteiger partial charge in [0.05, 0.1) is 12.1 Å². The molecule has 1 amide bonds. The van der Waals surface area contributed by atoms with Gasteiger partial charge in [-0.05, 0) is 55.8 Å². The Kier molecular flexibility index (Phi) is 5.24. The standard InChI is InChI=1S/C23H22N4O2/c1-3-29-19-14-12-17(13-15-19)22(24-23(28)18-10-8-16(2)9-11-18)27-21-7-5-4-6-20(21)25-26-27/h4-15,22H,3H2,1-2H3,(H,24,28). The van der Waals surface area contributed by atoms with Crippen LogP contribution in [0.4, 0.5) is 0 Å². The zero-order valence-corrected chi connectivity index (χ0v) is 16.4. The monoisotopic (exact) mass is 386 g/mol. The molecule has 0 aliphatic carbocycles. The largest absolute Gasteiger partial charge is 0.494 e. The van der Waals surface area contributed by atoms with E-state index >= 15 is 0 Å². The number of fused-ring (bicyclic) bond motifs is 1. The lowest BCUT2D eigenvalue weighted by Gasteiger charge is -2.20. The maximum absolute atomic E-state index is 12.9. The molecule has 0 saturated carbocycles. The lowest BCUT2D eigenvalue weighted by atomic mass is 10.1. The predicted molar refractivity (Wildman–Crippen MR) is 112 cm³/mol. The lowest BCUT2D eigenvalue weighted by molar-refractivity contribution is 0.0927. The number of hydrogen-bond acceptors (Lipinski definition) is 4. The van der Waals surface area contributed by atoms with Crippen LogP contribution in [-0.2, 0) is 0 Å². The molecule has 146 valence electrons. The lowest BCUT2D eigenvalue weighted by Crippen LogP contribution is -2.34. The molecule has 0 bridgehead atoms. The highest BCUT2D eigenvalue weighted by atomic mass is 16.5. The predicted octanol–water partition coefficient (Wildman–Crippen LogP) is 4.12. The van der Waals surface area contributed by atoms with E-state index in [1.807, 2.05) is 86.6 Å². The highest BCUT2D eigenvalue weighted by Gasteiger charge is 2.21. The van der Waals surface area contributed by atoms with Gasteiger partial charge in [0.1, 0.15) is 11.3 Å². The number of amides is 1. The second-order valence-corrected chi connectivity index (χ2v) is 6.77. The summed E-state index contributed by atoms with van der Waals surface area (Å²) in [5.41, 5.74) is 4.19. The summed E-state index contributed by atoms with van der Waals surface area (Å²) in [5, 5.41) is 11.6. The van der Waals surface area contributed by atoms with E-state index in [4.69, 9.17) is 4.74 Å². The van der Waals surface area contributed by atoms with Crippen molar-refractivity contribution in [2.45, 2.75) is 20.0 Å². The first-order valence-corrected chi connectivity index (χ1v) is 9.56. The number of rotatable bonds is 6. The minimum absolute atomic E-state index is 0.177. The van der Waals surface area contributed by atoms with E-state index in [0.717, 1.165) is 27.9 Å². The summed E-state index contributed by atoms with van der Waals surface area (Å²) in [5.74, 6) is 0.603. The van der Waals surface area contributed by atoms with Crippen LogP contribution in [0.2, 0.25) is 0 Å². The Morgan fingerprint density at radius 2 is 1.76 bits per heavy atom. The highest BCUT2D eigenvalue weighted by molar-refractivity contribution is 5.94. The minimum atomic E-state index is -0.508. The summed E-state index contributed by atoms with van der Waals surface area (Å²) in [6.45, 7) is 4.53. The molecule has 3 aromatic carbocycles. The van der Waals surface area contributed by atoms with E-state index in [2.05, 4.69) is 15.6 Å². The molecule has 0 spiro atoms. The number of ether oxygens (including phenoxy) is 1. The molecule has 29 heavy (non-hydrogen) atoms. The Morgan fingerprint density at radius 1 is 1.03 bits per heavy atom. The third-order valence-electron chi connectivity index (χ3n) is 4.71. The second-order valence-electron chi connectivity index (χ2n) is 6.77. The van der Waals surface area contributed by atoms with Crippen LogP contribution < -0.4 is 10.1 Å². The van der Waals surface area contributed by atoms with Crippen molar-refractivity contribution >= 4 is 16.9 Å². The number of carbonyl (C=O) groups is 1. The number of nitrogens with zero attached hydrogens (tertiary/aromatic N) is 3. The second kappa shape index (κ2) is 8.14. The van der Waals surface area contributed by atoms with Crippen molar-refractivity contribution < 1.29 is 9.53 Å². The SMILES string of the molecule is CCOc1ccc(C(NC(=O)c2ccc(C)cc2)n2nnc3ccccc32)cc1. The van der Waals surface area contributed by atoms with Crippen LogP contribution >= 0.6 is 0 Å². The molecule has 6 heteroatoms. The molecular weight excluding hydrogens is 364 g/mol. The van der Waals surface area contributed by atoms with Crippen molar-refractivity contribution in [3.63, 3.8) is 0 Å². The van der Waals surface area contributed by atoms with Gasteiger partial charge in [0, 0.05) is 5.56 Å². The number of carbonyl (C=O) groups excluding carboxylic acids is 1. The molecule has 0 aliphatic heterocycles. The number of aromatic nitrogens is 3. The number of benzene rings is 3. The molecule has 6 nitrogen and oxygen atoms in total. The quantitative estimate of drug-likeness (QED) is 0.541. The van der Waals surface area contributed by atoms with Gasteiger partial charge in [-0.15, -0.1) is 5.10 Å². The molecule has 0 radical (unpaired) electrons. The fourth-order valence-electron chi connectivity index (χ4n) is 3.19. The van der Waals surface area contributed by atoms with Gasteiger partial charge in [0.15, 0.2) is 6.17 Å². The summed E-state index contributed by atoms with van der Waals surface area (Å²) in [6.07, 6.45) is -0.508. The summed E-state index contributed by atoms with van der Waals surface area (Å²) >= 11 is 0. The van der Waals surface area contributed by atoms with Gasteiger partial charge in [-0.1, -0.05) is 47.2 Å². The van der Waals surface area contributed by atoms with Crippen molar-refractivity contribution in [2.24, 2.45) is 0 Å². The van der Waals surface area contributed by atoms with Gasteiger partial charge < -0.3 is 10.1 Å². The molecule has 1 N–H and O–H groups in total. The van der Waals surface area contributed by atoms with E-state index in [0.29, 0.717) is 12.2 Å². The number of aryl methyl sites for hydroxylation is 1. The molecular formula is C23H22N4O2. The fraction of sp³-hybridized carbons (Fsp3) is 0.174. The molecule has 0 saturated heterocycles. The van der Waals surface area contributed by atoms with E-state index in [1.54, 1.807) is 4.68 Å². The zero-order valence-electron chi connectivity index (χ0n) is 16.4. The van der Waals surface area contributed by atoms with Crippen molar-refractivity contribution in [3.05, 3.63) is 89.5 Å². The first-order valence-electron chi connectivity index (χ1n) is 9.56. The first-order chi connectivity index (χ1) is 14.2. The molecule has 1 atom stereocenters. The third kappa shape index (κ3) is 3.96. The summed E-state index contributed by atoms with van der Waals surface area (Å²) < 4.78 is 7.27. The molecule has 4 rings (SSSR count). The van der Waals surface area contributed by atoms with E-state index < -0.39 is 6.17 Å². The van der Waals surface area contributed by atoms with Crippen molar-refractivity contribution in [1.82, 2.24) is 20.3 Å². The van der Waals surface area contributed by atoms with Crippen LogP contribution in [0, 0.1) is 6.92 Å². The summed E-state index contributed by atoms with van der Waals surface area (Å²) in [7, 11) is 0. The van der Waals surface area contributed by atoms with E-state index in [1.165, 1.54) is 0 Å². The van der Waals surface area contributed by atoms with Gasteiger partial charge in [0.2, 0.25) is 0 Å². The first kappa shape index (κ1) is 18.7. The highest BCUT2D eigenvalue weighted by Crippen LogP contribution is 2.23. The van der Waals surface area contributed by atoms with Gasteiger partial charge in [-0.25, -0.2) is 4.68 Å². The van der Waals surface area contributed by atoms with Crippen LogP contribution in [-0.4, -0.2) is 27.5 Å². The zero-order chi connectivity index (χ0) is 20.2. The minimum Gasteiger partial charge on any atom is -0.494 e. The van der Waals surface area contributed by atoms with Gasteiger partial charge in [0.25, 0.3) is 5.91 Å². The van der Waals surface area contributed by atoms with Crippen molar-refractivity contribution in [1.29, 1.82) is 0 Å². The average molecular weight is 386 g/mol. The molecule has 1 unspecified atom stereocenters. The summed E-state index contributed by atoms with van der Waals surface area (Å²) in [4.78, 5) is 12.9. The Hall–Kier alpha value is -3.67. The van der Waals surface area contributed by atoms with Crippen molar-refractivity contribution in [3.8, 4) is 5.75 Å². The Balaban J connectivity index is 1.72. The van der Waals surface area contributed by atoms with Crippen LogP contribution in [0.1, 0.15) is 34.6 Å². The molecule has 1 heterocycles. The third-order valence-corrected chi connectivity index (χ3v) is 4.71. The maximum Gasteiger partial charge on any atom is 0.253 e. The Bertz CT molecular complexity index is 1120. The molecule has 1 aromatic heterocycles. The fourth-order valence-corrected chi connectivity index (χ4v) is 3.19.